The lowest BCUT2D eigenvalue weighted by Gasteiger charge is -2.15. The topological polar surface area (TPSA) is 26.3 Å². The first-order valence-corrected chi connectivity index (χ1v) is 4.14. The Hall–Kier alpha value is -0.790. The van der Waals surface area contributed by atoms with E-state index in [1.54, 1.807) is 0 Å². The number of carbonyl (C=O) groups excluding carboxylic acids is 1. The van der Waals surface area contributed by atoms with E-state index in [2.05, 4.69) is 0 Å². The zero-order valence-corrected chi connectivity index (χ0v) is 8.60. The molecule has 0 unspecified atom stereocenters. The minimum Gasteiger partial charge on any atom is -0.461 e. The number of hydrogen-bond donors (Lipinski definition) is 0. The van der Waals surface area contributed by atoms with Gasteiger partial charge in [0.25, 0.3) is 0 Å². The molecule has 0 aromatic carbocycles. The van der Waals surface area contributed by atoms with Crippen LogP contribution in [0, 0.1) is 5.41 Å². The summed E-state index contributed by atoms with van der Waals surface area (Å²) in [6.45, 7) is 9.88. The minimum absolute atomic E-state index is 0.153. The lowest BCUT2D eigenvalue weighted by atomic mass is 9.97. The molecular weight excluding hydrogens is 152 g/mol. The van der Waals surface area contributed by atoms with E-state index < -0.39 is 5.41 Å². The lowest BCUT2D eigenvalue weighted by Crippen LogP contribution is -2.22. The standard InChI is InChI=1S/C10H18O2/c1-8(2)6-7-12-9(11)10(3,4)5/h6H,7H2,1-5H3. The van der Waals surface area contributed by atoms with Crippen LogP contribution in [-0.2, 0) is 9.53 Å². The Morgan fingerprint density at radius 2 is 1.83 bits per heavy atom. The zero-order valence-electron chi connectivity index (χ0n) is 8.60. The summed E-state index contributed by atoms with van der Waals surface area (Å²) in [6.07, 6.45) is 1.89. The van der Waals surface area contributed by atoms with Crippen LogP contribution in [-0.4, -0.2) is 12.6 Å². The fraction of sp³-hybridized carbons (Fsp3) is 0.700. The second kappa shape index (κ2) is 4.29. The summed E-state index contributed by atoms with van der Waals surface area (Å²) in [5.74, 6) is -0.153. The molecule has 0 saturated heterocycles. The molecule has 0 spiro atoms. The van der Waals surface area contributed by atoms with Crippen molar-refractivity contribution in [3.05, 3.63) is 11.6 Å². The van der Waals surface area contributed by atoms with Crippen molar-refractivity contribution in [2.45, 2.75) is 34.6 Å². The fourth-order valence-corrected chi connectivity index (χ4v) is 0.501. The van der Waals surface area contributed by atoms with Crippen molar-refractivity contribution in [1.29, 1.82) is 0 Å². The maximum atomic E-state index is 11.2. The largest absolute Gasteiger partial charge is 0.461 e. The van der Waals surface area contributed by atoms with E-state index in [1.807, 2.05) is 40.7 Å². The highest BCUT2D eigenvalue weighted by atomic mass is 16.5. The quantitative estimate of drug-likeness (QED) is 0.470. The molecule has 0 bridgehead atoms. The predicted octanol–water partition coefficient (Wildman–Crippen LogP) is 2.54. The van der Waals surface area contributed by atoms with E-state index in [4.69, 9.17) is 4.74 Å². The first kappa shape index (κ1) is 11.2. The number of rotatable bonds is 2. The second-order valence-electron chi connectivity index (χ2n) is 4.13. The molecule has 0 fully saturated rings. The highest BCUT2D eigenvalue weighted by Gasteiger charge is 2.22. The molecule has 0 N–H and O–H groups in total. The fourth-order valence-electron chi connectivity index (χ4n) is 0.501. The third-order valence-corrected chi connectivity index (χ3v) is 1.32. The van der Waals surface area contributed by atoms with Crippen LogP contribution in [0.1, 0.15) is 34.6 Å². The van der Waals surface area contributed by atoms with Crippen LogP contribution in [0.15, 0.2) is 11.6 Å². The van der Waals surface area contributed by atoms with E-state index in [1.165, 1.54) is 0 Å². The van der Waals surface area contributed by atoms with Gasteiger partial charge in [0.15, 0.2) is 0 Å². The molecule has 0 atom stereocenters. The van der Waals surface area contributed by atoms with Gasteiger partial charge in [0.2, 0.25) is 0 Å². The monoisotopic (exact) mass is 170 g/mol. The maximum absolute atomic E-state index is 11.2. The highest BCUT2D eigenvalue weighted by Crippen LogP contribution is 2.14. The molecule has 0 aromatic heterocycles. The van der Waals surface area contributed by atoms with Gasteiger partial charge in [0.05, 0.1) is 5.41 Å². The van der Waals surface area contributed by atoms with Gasteiger partial charge in [-0.3, -0.25) is 4.79 Å². The second-order valence-corrected chi connectivity index (χ2v) is 4.13. The third-order valence-electron chi connectivity index (χ3n) is 1.32. The maximum Gasteiger partial charge on any atom is 0.311 e. The molecule has 12 heavy (non-hydrogen) atoms. The third kappa shape index (κ3) is 4.94. The summed E-state index contributed by atoms with van der Waals surface area (Å²) in [4.78, 5) is 11.2. The van der Waals surface area contributed by atoms with E-state index in [9.17, 15) is 4.79 Å². The highest BCUT2D eigenvalue weighted by molar-refractivity contribution is 5.75. The van der Waals surface area contributed by atoms with E-state index >= 15 is 0 Å². The molecule has 2 heteroatoms. The molecule has 0 saturated carbocycles. The number of ether oxygens (including phenoxy) is 1. The number of esters is 1. The Balaban J connectivity index is 3.82. The molecule has 0 aromatic rings. The normalized spacial score (nSPS) is 10.8. The van der Waals surface area contributed by atoms with Gasteiger partial charge >= 0.3 is 5.97 Å². The smallest absolute Gasteiger partial charge is 0.311 e. The van der Waals surface area contributed by atoms with Crippen LogP contribution in [0.2, 0.25) is 0 Å². The number of hydrogen-bond acceptors (Lipinski definition) is 2. The van der Waals surface area contributed by atoms with Gasteiger partial charge < -0.3 is 4.74 Å². The van der Waals surface area contributed by atoms with E-state index in [-0.39, 0.29) is 5.97 Å². The predicted molar refractivity (Wildman–Crippen MR) is 49.8 cm³/mol. The van der Waals surface area contributed by atoms with Gasteiger partial charge in [-0.15, -0.1) is 0 Å². The zero-order chi connectivity index (χ0) is 9.78. The molecule has 0 aliphatic carbocycles. The number of carbonyl (C=O) groups is 1. The van der Waals surface area contributed by atoms with E-state index in [0.29, 0.717) is 6.61 Å². The van der Waals surface area contributed by atoms with Crippen molar-refractivity contribution < 1.29 is 9.53 Å². The first-order chi connectivity index (χ1) is 5.34. The van der Waals surface area contributed by atoms with Crippen LogP contribution in [0.3, 0.4) is 0 Å². The SMILES string of the molecule is CC(C)=CCOC(=O)C(C)(C)C. The summed E-state index contributed by atoms with van der Waals surface area (Å²) in [5, 5.41) is 0. The van der Waals surface area contributed by atoms with Crippen LogP contribution >= 0.6 is 0 Å². The minimum atomic E-state index is -0.393. The molecule has 0 radical (unpaired) electrons. The van der Waals surface area contributed by atoms with Crippen LogP contribution in [0.4, 0.5) is 0 Å². The summed E-state index contributed by atoms with van der Waals surface area (Å²) < 4.78 is 5.00. The summed E-state index contributed by atoms with van der Waals surface area (Å²) in [7, 11) is 0. The van der Waals surface area contributed by atoms with Crippen LogP contribution in [0.5, 0.6) is 0 Å². The molecule has 2 nitrogen and oxygen atoms in total. The first-order valence-electron chi connectivity index (χ1n) is 4.14. The lowest BCUT2D eigenvalue weighted by molar-refractivity contribution is -0.151. The van der Waals surface area contributed by atoms with E-state index in [0.717, 1.165) is 5.57 Å². The van der Waals surface area contributed by atoms with Gasteiger partial charge in [-0.2, -0.15) is 0 Å². The van der Waals surface area contributed by atoms with Crippen LogP contribution < -0.4 is 0 Å². The Morgan fingerprint density at radius 3 is 2.17 bits per heavy atom. The Morgan fingerprint density at radius 1 is 1.33 bits per heavy atom. The average Bonchev–Trinajstić information content (AvgIpc) is 1.84. The van der Waals surface area contributed by atoms with Crippen molar-refractivity contribution in [2.24, 2.45) is 5.41 Å². The molecule has 70 valence electrons. The Labute approximate surface area is 74.6 Å². The molecule has 0 aliphatic rings. The summed E-state index contributed by atoms with van der Waals surface area (Å²) in [5.41, 5.74) is 0.770. The van der Waals surface area contributed by atoms with Crippen molar-refractivity contribution >= 4 is 5.97 Å². The Kier molecular flexibility index (Phi) is 4.01. The molecule has 0 heterocycles. The molecule has 0 amide bonds. The van der Waals surface area contributed by atoms with Gasteiger partial charge in [0.1, 0.15) is 6.61 Å². The molecule has 0 rings (SSSR count). The van der Waals surface area contributed by atoms with Gasteiger partial charge in [-0.25, -0.2) is 0 Å². The molecular formula is C10H18O2. The average molecular weight is 170 g/mol. The van der Waals surface area contributed by atoms with Crippen molar-refractivity contribution in [3.63, 3.8) is 0 Å². The Bertz CT molecular complexity index is 181. The van der Waals surface area contributed by atoms with Crippen molar-refractivity contribution in [2.75, 3.05) is 6.61 Å². The van der Waals surface area contributed by atoms with Crippen LogP contribution in [0.25, 0.3) is 0 Å². The van der Waals surface area contributed by atoms with Gasteiger partial charge in [-0.1, -0.05) is 5.57 Å². The number of allylic oxidation sites excluding steroid dienone is 1. The molecule has 0 aliphatic heterocycles. The van der Waals surface area contributed by atoms with Crippen molar-refractivity contribution in [3.8, 4) is 0 Å². The van der Waals surface area contributed by atoms with Crippen molar-refractivity contribution in [1.82, 2.24) is 0 Å². The summed E-state index contributed by atoms with van der Waals surface area (Å²) in [6, 6.07) is 0. The van der Waals surface area contributed by atoms with Gasteiger partial charge in [0, 0.05) is 0 Å². The van der Waals surface area contributed by atoms with Gasteiger partial charge in [-0.05, 0) is 40.7 Å². The summed E-state index contributed by atoms with van der Waals surface area (Å²) >= 11 is 0.